The van der Waals surface area contributed by atoms with Crippen molar-refractivity contribution in [3.05, 3.63) is 101 Å². The lowest BCUT2D eigenvalue weighted by Gasteiger charge is -2.04. The van der Waals surface area contributed by atoms with Crippen LogP contribution in [0.15, 0.2) is 72.8 Å². The number of fused-ring (bicyclic) bond motifs is 1. The number of benzene rings is 3. The summed E-state index contributed by atoms with van der Waals surface area (Å²) in [6.07, 6.45) is 0.904. The highest BCUT2D eigenvalue weighted by Crippen LogP contribution is 2.14. The monoisotopic (exact) mass is 380 g/mol. The van der Waals surface area contributed by atoms with E-state index in [1.165, 1.54) is 39.1 Å². The quantitative estimate of drug-likeness (QED) is 0.511. The van der Waals surface area contributed by atoms with Gasteiger partial charge in [0.15, 0.2) is 11.0 Å². The summed E-state index contributed by atoms with van der Waals surface area (Å²) in [6.45, 7) is 5.14. The van der Waals surface area contributed by atoms with Gasteiger partial charge >= 0.3 is 0 Å². The molecule has 0 unspecified atom stereocenters. The Kier molecular flexibility index (Phi) is 6.78. The van der Waals surface area contributed by atoms with Crippen LogP contribution in [0.3, 0.4) is 0 Å². The number of hydrogen-bond donors (Lipinski definition) is 1. The highest BCUT2D eigenvalue weighted by molar-refractivity contribution is 5.71. The summed E-state index contributed by atoms with van der Waals surface area (Å²) in [7, 11) is 0. The first kappa shape index (κ1) is 20.7. The SMILES string of the molecule is Cc1ccc(Cc2[nH]c3ccccc3[n+]2Cc2ccc(C)cc2)cc1.O.[Cl-]. The number of nitrogens with one attached hydrogen (secondary N) is 1. The number of halogens is 1. The summed E-state index contributed by atoms with van der Waals surface area (Å²) < 4.78 is 2.40. The first-order chi connectivity index (χ1) is 12.2. The van der Waals surface area contributed by atoms with Gasteiger partial charge in [-0.3, -0.25) is 0 Å². The zero-order valence-electron chi connectivity index (χ0n) is 15.7. The Bertz CT molecular complexity index is 1000. The van der Waals surface area contributed by atoms with Gasteiger partial charge in [0.2, 0.25) is 0 Å². The third kappa shape index (κ3) is 4.57. The molecular weight excluding hydrogens is 356 g/mol. The molecule has 140 valence electrons. The second-order valence-corrected chi connectivity index (χ2v) is 6.82. The maximum Gasteiger partial charge on any atom is 0.259 e. The highest BCUT2D eigenvalue weighted by atomic mass is 35.5. The summed E-state index contributed by atoms with van der Waals surface area (Å²) in [4.78, 5) is 3.62. The molecule has 0 aliphatic heterocycles. The Hall–Kier alpha value is -2.62. The summed E-state index contributed by atoms with van der Waals surface area (Å²) in [5.41, 5.74) is 7.70. The van der Waals surface area contributed by atoms with Crippen LogP contribution in [0.25, 0.3) is 11.0 Å². The normalized spacial score (nSPS) is 10.3. The van der Waals surface area contributed by atoms with E-state index >= 15 is 0 Å². The third-order valence-corrected chi connectivity index (χ3v) is 4.75. The average Bonchev–Trinajstić information content (AvgIpc) is 2.96. The minimum absolute atomic E-state index is 0. The molecule has 3 aromatic carbocycles. The molecule has 0 amide bonds. The Balaban J connectivity index is 0.00000131. The highest BCUT2D eigenvalue weighted by Gasteiger charge is 2.18. The van der Waals surface area contributed by atoms with Crippen LogP contribution in [0.2, 0.25) is 0 Å². The van der Waals surface area contributed by atoms with E-state index in [0.29, 0.717) is 0 Å². The van der Waals surface area contributed by atoms with Crippen LogP contribution < -0.4 is 17.0 Å². The van der Waals surface area contributed by atoms with Crippen molar-refractivity contribution in [2.45, 2.75) is 26.8 Å². The Morgan fingerprint density at radius 3 is 1.93 bits per heavy atom. The molecule has 0 saturated heterocycles. The fourth-order valence-electron chi connectivity index (χ4n) is 3.28. The Labute approximate surface area is 166 Å². The number of nitrogens with zero attached hydrogens (tertiary/aromatic N) is 1. The molecule has 3 nitrogen and oxygen atoms in total. The van der Waals surface area contributed by atoms with E-state index in [1.54, 1.807) is 0 Å². The molecule has 0 atom stereocenters. The van der Waals surface area contributed by atoms with Crippen molar-refractivity contribution in [1.29, 1.82) is 0 Å². The van der Waals surface area contributed by atoms with Gasteiger partial charge in [0.1, 0.15) is 6.54 Å². The summed E-state index contributed by atoms with van der Waals surface area (Å²) in [5, 5.41) is 0. The van der Waals surface area contributed by atoms with Crippen LogP contribution in [0.4, 0.5) is 0 Å². The van der Waals surface area contributed by atoms with Gasteiger partial charge in [0, 0.05) is 0 Å². The van der Waals surface area contributed by atoms with Gasteiger partial charge in [0.25, 0.3) is 5.82 Å². The lowest BCUT2D eigenvalue weighted by Crippen LogP contribution is -3.00. The first-order valence-corrected chi connectivity index (χ1v) is 8.79. The van der Waals surface area contributed by atoms with Crippen molar-refractivity contribution in [2.24, 2.45) is 0 Å². The molecule has 1 aromatic heterocycles. The smallest absolute Gasteiger partial charge is 0.259 e. The molecule has 3 N–H and O–H groups in total. The zero-order chi connectivity index (χ0) is 17.2. The van der Waals surface area contributed by atoms with E-state index in [-0.39, 0.29) is 17.9 Å². The molecule has 0 bridgehead atoms. The van der Waals surface area contributed by atoms with E-state index in [4.69, 9.17) is 0 Å². The van der Waals surface area contributed by atoms with Gasteiger partial charge in [0.05, 0.1) is 6.42 Å². The van der Waals surface area contributed by atoms with Gasteiger partial charge in [-0.25, -0.2) is 9.55 Å². The average molecular weight is 381 g/mol. The third-order valence-electron chi connectivity index (χ3n) is 4.75. The topological polar surface area (TPSA) is 51.2 Å². The molecule has 1 heterocycles. The fourth-order valence-corrected chi connectivity index (χ4v) is 3.28. The fraction of sp³-hybridized carbons (Fsp3) is 0.174. The molecule has 4 rings (SSSR count). The number of aromatic nitrogens is 2. The van der Waals surface area contributed by atoms with Crippen molar-refractivity contribution in [1.82, 2.24) is 4.98 Å². The van der Waals surface area contributed by atoms with Crippen LogP contribution in [0.5, 0.6) is 0 Å². The second kappa shape index (κ2) is 8.85. The number of imidazole rings is 1. The lowest BCUT2D eigenvalue weighted by atomic mass is 10.1. The van der Waals surface area contributed by atoms with Gasteiger partial charge < -0.3 is 17.9 Å². The standard InChI is InChI=1S/C23H22N2.ClH.H2O/c1-17-7-11-19(12-8-17)15-23-24-21-5-3-4-6-22(21)25(23)16-20-13-9-18(2)10-14-20;;/h3-14H,15-16H2,1-2H3;1H;1H2. The molecule has 4 heteroatoms. The number of rotatable bonds is 4. The van der Waals surface area contributed by atoms with Crippen molar-refractivity contribution >= 4 is 11.0 Å². The molecule has 27 heavy (non-hydrogen) atoms. The van der Waals surface area contributed by atoms with E-state index in [1.807, 2.05) is 0 Å². The summed E-state index contributed by atoms with van der Waals surface area (Å²) >= 11 is 0. The molecule has 0 aliphatic rings. The summed E-state index contributed by atoms with van der Waals surface area (Å²) in [5.74, 6) is 1.24. The largest absolute Gasteiger partial charge is 1.00 e. The van der Waals surface area contributed by atoms with Gasteiger partial charge in [-0.05, 0) is 37.1 Å². The number of hydrogen-bond acceptors (Lipinski definition) is 0. The Morgan fingerprint density at radius 2 is 1.30 bits per heavy atom. The van der Waals surface area contributed by atoms with Gasteiger partial charge in [-0.2, -0.15) is 0 Å². The number of aryl methyl sites for hydroxylation is 2. The number of H-pyrrole nitrogens is 1. The number of aromatic amines is 1. The van der Waals surface area contributed by atoms with Gasteiger partial charge in [-0.1, -0.05) is 71.8 Å². The maximum atomic E-state index is 3.62. The molecule has 0 aliphatic carbocycles. The van der Waals surface area contributed by atoms with Crippen LogP contribution in [-0.2, 0) is 13.0 Å². The predicted molar refractivity (Wildman–Crippen MR) is 106 cm³/mol. The van der Waals surface area contributed by atoms with E-state index in [9.17, 15) is 0 Å². The molecule has 4 aromatic rings. The van der Waals surface area contributed by atoms with Crippen molar-refractivity contribution in [3.63, 3.8) is 0 Å². The maximum absolute atomic E-state index is 3.62. The van der Waals surface area contributed by atoms with Crippen molar-refractivity contribution in [3.8, 4) is 0 Å². The Morgan fingerprint density at radius 1 is 0.741 bits per heavy atom. The van der Waals surface area contributed by atoms with E-state index in [2.05, 4.69) is 96.2 Å². The van der Waals surface area contributed by atoms with Crippen LogP contribution >= 0.6 is 0 Å². The van der Waals surface area contributed by atoms with Crippen LogP contribution in [0, 0.1) is 13.8 Å². The minimum Gasteiger partial charge on any atom is -1.00 e. The van der Waals surface area contributed by atoms with Gasteiger partial charge in [-0.15, -0.1) is 0 Å². The lowest BCUT2D eigenvalue weighted by molar-refractivity contribution is -0.669. The zero-order valence-corrected chi connectivity index (χ0v) is 16.4. The summed E-state index contributed by atoms with van der Waals surface area (Å²) in [6, 6.07) is 26.2. The number of para-hydroxylation sites is 2. The molecule has 0 saturated carbocycles. The minimum atomic E-state index is 0. The second-order valence-electron chi connectivity index (χ2n) is 6.82. The molecular formula is C23H25ClN2O. The van der Waals surface area contributed by atoms with Crippen molar-refractivity contribution in [2.75, 3.05) is 0 Å². The predicted octanol–water partition coefficient (Wildman–Crippen LogP) is 0.891. The van der Waals surface area contributed by atoms with Crippen LogP contribution in [0.1, 0.15) is 28.1 Å². The van der Waals surface area contributed by atoms with E-state index in [0.717, 1.165) is 13.0 Å². The molecule has 0 fully saturated rings. The first-order valence-electron chi connectivity index (χ1n) is 8.79. The molecule has 0 radical (unpaired) electrons. The van der Waals surface area contributed by atoms with Crippen molar-refractivity contribution < 1.29 is 22.5 Å². The van der Waals surface area contributed by atoms with Crippen LogP contribution in [-0.4, -0.2) is 10.5 Å². The molecule has 0 spiro atoms. The van der Waals surface area contributed by atoms with E-state index < -0.39 is 0 Å².